The number of rotatable bonds is 8. The van der Waals surface area contributed by atoms with Crippen molar-refractivity contribution in [1.82, 2.24) is 4.98 Å². The Morgan fingerprint density at radius 1 is 1.00 bits per heavy atom. The highest BCUT2D eigenvalue weighted by atomic mass is 32.1. The smallest absolute Gasteiger partial charge is 0.259 e. The van der Waals surface area contributed by atoms with Crippen LogP contribution in [0.1, 0.15) is 84.9 Å². The van der Waals surface area contributed by atoms with Crippen molar-refractivity contribution in [2.24, 2.45) is 11.3 Å². The third-order valence-corrected chi connectivity index (χ3v) is 12.0. The second kappa shape index (κ2) is 13.7. The number of para-hydroxylation sites is 1. The third-order valence-electron chi connectivity index (χ3n) is 10.9. The molecule has 10 heteroatoms. The molecule has 0 unspecified atom stereocenters. The minimum absolute atomic E-state index is 0.0934. The van der Waals surface area contributed by atoms with Crippen LogP contribution >= 0.6 is 11.3 Å². The second-order valence-corrected chi connectivity index (χ2v) is 15.4. The maximum Gasteiger partial charge on any atom is 0.259 e. The van der Waals surface area contributed by atoms with Gasteiger partial charge in [-0.15, -0.1) is 11.3 Å². The SMILES string of the molecule is Cc1cnc(N2CC3(CCOCC3)C2)c(C(=O)Nc2ccc(C(=O)N3CCC(c4ccc(C(=O)C(=N)C5CCC5)s4)=Cc4ccccc43)cc2)c1. The summed E-state index contributed by atoms with van der Waals surface area (Å²) in [6.07, 6.45) is 9.53. The van der Waals surface area contributed by atoms with Crippen molar-refractivity contribution in [1.29, 1.82) is 5.41 Å². The molecule has 9 nitrogen and oxygen atoms in total. The number of thiophene rings is 1. The van der Waals surface area contributed by atoms with E-state index in [-0.39, 0.29) is 34.6 Å². The molecule has 1 spiro atoms. The first kappa shape index (κ1) is 33.2. The number of amides is 2. The Labute approximate surface area is 301 Å². The van der Waals surface area contributed by atoms with E-state index in [0.29, 0.717) is 40.5 Å². The molecule has 2 aromatic carbocycles. The lowest BCUT2D eigenvalue weighted by atomic mass is 9.73. The predicted octanol–water partition coefficient (Wildman–Crippen LogP) is 7.91. The molecule has 260 valence electrons. The summed E-state index contributed by atoms with van der Waals surface area (Å²) in [5.41, 5.74) is 5.86. The van der Waals surface area contributed by atoms with E-state index in [9.17, 15) is 14.4 Å². The number of ketones is 1. The minimum atomic E-state index is -0.230. The molecule has 3 fully saturated rings. The van der Waals surface area contributed by atoms with Crippen molar-refractivity contribution in [3.63, 3.8) is 0 Å². The summed E-state index contributed by atoms with van der Waals surface area (Å²) >= 11 is 1.43. The number of carbonyl (C=O) groups is 3. The Morgan fingerprint density at radius 3 is 2.51 bits per heavy atom. The number of aromatic nitrogens is 1. The lowest BCUT2D eigenvalue weighted by Gasteiger charge is -2.53. The number of nitrogens with zero attached hydrogens (tertiary/aromatic N) is 3. The number of ether oxygens (including phenoxy) is 1. The van der Waals surface area contributed by atoms with Gasteiger partial charge in [-0.3, -0.25) is 14.4 Å². The molecule has 4 aromatic rings. The summed E-state index contributed by atoms with van der Waals surface area (Å²) in [6, 6.07) is 20.6. The summed E-state index contributed by atoms with van der Waals surface area (Å²) in [5, 5.41) is 11.4. The number of carbonyl (C=O) groups excluding carboxylic acids is 3. The van der Waals surface area contributed by atoms with Crippen molar-refractivity contribution in [2.75, 3.05) is 48.0 Å². The van der Waals surface area contributed by atoms with Gasteiger partial charge in [-0.1, -0.05) is 24.6 Å². The van der Waals surface area contributed by atoms with Crippen LogP contribution < -0.4 is 15.1 Å². The average Bonchev–Trinajstić information content (AvgIpc) is 3.52. The molecule has 2 N–H and O–H groups in total. The molecule has 51 heavy (non-hydrogen) atoms. The van der Waals surface area contributed by atoms with Gasteiger partial charge in [-0.25, -0.2) is 4.98 Å². The zero-order valence-corrected chi connectivity index (χ0v) is 29.6. The standard InChI is InChI=1S/C41H41N5O4S/c1-26-21-32(38(43-23-26)45-24-41(25-45)16-19-50-20-17-41)39(48)44-31-11-9-28(10-12-31)40(49)46-18-15-30(22-29-5-2-3-8-33(29)46)34-13-14-35(51-34)37(47)36(42)27-6-4-7-27/h2-3,5,8-14,21-23,27,42H,4,6-7,15-20,24-25H2,1H3,(H,44,48). The number of aryl methyl sites for hydroxylation is 1. The van der Waals surface area contributed by atoms with E-state index >= 15 is 0 Å². The van der Waals surface area contributed by atoms with Crippen molar-refractivity contribution >= 4 is 63.5 Å². The number of benzene rings is 2. The van der Waals surface area contributed by atoms with Gasteiger partial charge in [0.2, 0.25) is 5.78 Å². The lowest BCUT2D eigenvalue weighted by molar-refractivity contribution is -0.000511. The Balaban J connectivity index is 0.953. The number of nitrogens with one attached hydrogen (secondary N) is 2. The van der Waals surface area contributed by atoms with Crippen LogP contribution in [0.25, 0.3) is 11.6 Å². The fourth-order valence-electron chi connectivity index (χ4n) is 7.59. The van der Waals surface area contributed by atoms with Gasteiger partial charge in [0.05, 0.1) is 21.8 Å². The molecule has 0 atom stereocenters. The molecule has 1 aliphatic carbocycles. The van der Waals surface area contributed by atoms with Crippen LogP contribution in [0, 0.1) is 23.7 Å². The van der Waals surface area contributed by atoms with Gasteiger partial charge in [-0.2, -0.15) is 0 Å². The molecule has 3 aliphatic heterocycles. The van der Waals surface area contributed by atoms with Gasteiger partial charge in [-0.05, 0) is 110 Å². The summed E-state index contributed by atoms with van der Waals surface area (Å²) in [7, 11) is 0. The Bertz CT molecular complexity index is 2050. The maximum atomic E-state index is 14.0. The predicted molar refractivity (Wildman–Crippen MR) is 202 cm³/mol. The first-order chi connectivity index (χ1) is 24.8. The molecule has 8 rings (SSSR count). The number of hydrogen-bond donors (Lipinski definition) is 2. The highest BCUT2D eigenvalue weighted by molar-refractivity contribution is 7.16. The van der Waals surface area contributed by atoms with Crippen LogP contribution in [0.4, 0.5) is 17.2 Å². The highest BCUT2D eigenvalue weighted by Gasteiger charge is 2.45. The zero-order valence-electron chi connectivity index (χ0n) is 28.7. The van der Waals surface area contributed by atoms with Gasteiger partial charge >= 0.3 is 0 Å². The average molecular weight is 700 g/mol. The van der Waals surface area contributed by atoms with Crippen molar-refractivity contribution in [3.8, 4) is 0 Å². The summed E-state index contributed by atoms with van der Waals surface area (Å²) in [6.45, 7) is 5.73. The minimum Gasteiger partial charge on any atom is -0.381 e. The highest BCUT2D eigenvalue weighted by Crippen LogP contribution is 2.43. The van der Waals surface area contributed by atoms with Crippen molar-refractivity contribution < 1.29 is 19.1 Å². The van der Waals surface area contributed by atoms with E-state index in [1.54, 1.807) is 29.2 Å². The van der Waals surface area contributed by atoms with Gasteiger partial charge < -0.3 is 25.3 Å². The van der Waals surface area contributed by atoms with Crippen molar-refractivity contribution in [2.45, 2.75) is 45.4 Å². The van der Waals surface area contributed by atoms with Crippen LogP contribution in [-0.4, -0.2) is 61.1 Å². The number of fused-ring (bicyclic) bond motifs is 1. The second-order valence-electron chi connectivity index (χ2n) is 14.4. The Kier molecular flexibility index (Phi) is 8.90. The monoisotopic (exact) mass is 699 g/mol. The van der Waals surface area contributed by atoms with E-state index in [2.05, 4.69) is 21.3 Å². The van der Waals surface area contributed by atoms with Gasteiger partial charge in [0, 0.05) is 66.5 Å². The van der Waals surface area contributed by atoms with E-state index < -0.39 is 0 Å². The number of anilines is 3. The molecule has 2 aromatic heterocycles. The molecule has 0 bridgehead atoms. The molecule has 4 aliphatic rings. The molecule has 1 saturated carbocycles. The lowest BCUT2D eigenvalue weighted by Crippen LogP contribution is -2.59. The molecule has 2 amide bonds. The molecular formula is C41H41N5O4S. The first-order valence-electron chi connectivity index (χ1n) is 17.8. The number of pyridine rings is 1. The normalized spacial score (nSPS) is 18.2. The fraction of sp³-hybridized carbons (Fsp3) is 0.341. The summed E-state index contributed by atoms with van der Waals surface area (Å²) in [4.78, 5) is 50.9. The topological polar surface area (TPSA) is 116 Å². The van der Waals surface area contributed by atoms with Gasteiger partial charge in [0.1, 0.15) is 5.82 Å². The van der Waals surface area contributed by atoms with Crippen LogP contribution in [0.2, 0.25) is 0 Å². The fourth-order valence-corrected chi connectivity index (χ4v) is 8.59. The quantitative estimate of drug-likeness (QED) is 0.143. The number of Topliss-reactive ketones (excluding diaryl/α,β-unsaturated/α-hetero) is 1. The molecule has 2 saturated heterocycles. The molecule has 5 heterocycles. The molecular weight excluding hydrogens is 659 g/mol. The van der Waals surface area contributed by atoms with E-state index in [0.717, 1.165) is 85.7 Å². The van der Waals surface area contributed by atoms with E-state index in [4.69, 9.17) is 10.1 Å². The zero-order chi connectivity index (χ0) is 35.1. The summed E-state index contributed by atoms with van der Waals surface area (Å²) in [5.74, 6) is 0.268. The first-order valence-corrected chi connectivity index (χ1v) is 18.6. The Hall–Kier alpha value is -4.93. The van der Waals surface area contributed by atoms with Crippen LogP contribution in [-0.2, 0) is 4.74 Å². The van der Waals surface area contributed by atoms with E-state index in [1.165, 1.54) is 11.3 Å². The van der Waals surface area contributed by atoms with E-state index in [1.807, 2.05) is 55.6 Å². The maximum absolute atomic E-state index is 14.0. The number of hydrogen-bond acceptors (Lipinski definition) is 8. The van der Waals surface area contributed by atoms with Gasteiger partial charge in [0.25, 0.3) is 11.8 Å². The van der Waals surface area contributed by atoms with Gasteiger partial charge in [0.15, 0.2) is 0 Å². The molecule has 0 radical (unpaired) electrons. The summed E-state index contributed by atoms with van der Waals surface area (Å²) < 4.78 is 5.57. The third kappa shape index (κ3) is 6.54. The largest absolute Gasteiger partial charge is 0.381 e. The Morgan fingerprint density at radius 2 is 1.76 bits per heavy atom. The van der Waals surface area contributed by atoms with Crippen LogP contribution in [0.3, 0.4) is 0 Å². The van der Waals surface area contributed by atoms with Crippen LogP contribution in [0.5, 0.6) is 0 Å². The van der Waals surface area contributed by atoms with Crippen LogP contribution in [0.15, 0.2) is 72.9 Å². The van der Waals surface area contributed by atoms with Crippen molar-refractivity contribution in [3.05, 3.63) is 105 Å².